The number of halogens is 1. The first-order valence-electron chi connectivity index (χ1n) is 7.69. The predicted molar refractivity (Wildman–Crippen MR) is 89.5 cm³/mol. The summed E-state index contributed by atoms with van der Waals surface area (Å²) in [6.07, 6.45) is 4.27. The number of carbonyl (C=O) groups is 1. The molecule has 1 atom stereocenters. The third kappa shape index (κ3) is 3.08. The molecule has 3 rings (SSSR count). The zero-order valence-electron chi connectivity index (χ0n) is 12.3. The van der Waals surface area contributed by atoms with E-state index in [0.717, 1.165) is 35.7 Å². The quantitative estimate of drug-likeness (QED) is 0.869. The summed E-state index contributed by atoms with van der Waals surface area (Å²) in [6, 6.07) is 7.69. The van der Waals surface area contributed by atoms with Gasteiger partial charge in [0.2, 0.25) is 5.91 Å². The maximum Gasteiger partial charge on any atom is 0.230 e. The van der Waals surface area contributed by atoms with Gasteiger partial charge in [-0.25, -0.2) is 8.42 Å². The van der Waals surface area contributed by atoms with E-state index in [9.17, 15) is 13.2 Å². The minimum atomic E-state index is -2.98. The number of sulfone groups is 1. The second-order valence-electron chi connectivity index (χ2n) is 6.37. The van der Waals surface area contributed by atoms with Crippen molar-refractivity contribution in [2.24, 2.45) is 0 Å². The highest BCUT2D eigenvalue weighted by Gasteiger charge is 2.44. The Labute approximate surface area is 139 Å². The van der Waals surface area contributed by atoms with E-state index >= 15 is 0 Å². The molecular formula is C16H20BrNO3S. The third-order valence-corrected chi connectivity index (χ3v) is 7.15. The van der Waals surface area contributed by atoms with Crippen LogP contribution in [0.3, 0.4) is 0 Å². The zero-order valence-corrected chi connectivity index (χ0v) is 14.7. The van der Waals surface area contributed by atoms with Crippen molar-refractivity contribution >= 4 is 31.7 Å². The van der Waals surface area contributed by atoms with Crippen molar-refractivity contribution in [3.8, 4) is 0 Å². The van der Waals surface area contributed by atoms with Crippen molar-refractivity contribution < 1.29 is 13.2 Å². The lowest BCUT2D eigenvalue weighted by atomic mass is 9.78. The molecule has 0 bridgehead atoms. The normalized spacial score (nSPS) is 26.0. The summed E-state index contributed by atoms with van der Waals surface area (Å²) in [6.45, 7) is 0. The highest BCUT2D eigenvalue weighted by Crippen LogP contribution is 2.42. The average molecular weight is 386 g/mol. The van der Waals surface area contributed by atoms with Gasteiger partial charge in [-0.15, -0.1) is 0 Å². The van der Waals surface area contributed by atoms with Crippen molar-refractivity contribution in [3.05, 3.63) is 34.3 Å². The maximum atomic E-state index is 12.9. The fraction of sp³-hybridized carbons (Fsp3) is 0.562. The monoisotopic (exact) mass is 385 g/mol. The van der Waals surface area contributed by atoms with Gasteiger partial charge < -0.3 is 5.32 Å². The Morgan fingerprint density at radius 1 is 1.18 bits per heavy atom. The zero-order chi connectivity index (χ0) is 15.8. The molecule has 1 aliphatic heterocycles. The maximum absolute atomic E-state index is 12.9. The van der Waals surface area contributed by atoms with E-state index in [-0.39, 0.29) is 23.5 Å². The molecule has 1 aromatic rings. The largest absolute Gasteiger partial charge is 0.352 e. The van der Waals surface area contributed by atoms with Crippen molar-refractivity contribution in [1.29, 1.82) is 0 Å². The van der Waals surface area contributed by atoms with Gasteiger partial charge in [0.15, 0.2) is 9.84 Å². The summed E-state index contributed by atoms with van der Waals surface area (Å²) in [5.41, 5.74) is 0.541. The van der Waals surface area contributed by atoms with Crippen LogP contribution in [0, 0.1) is 0 Å². The fourth-order valence-corrected chi connectivity index (χ4v) is 5.56. The summed E-state index contributed by atoms with van der Waals surface area (Å²) in [5, 5.41) is 3.00. The van der Waals surface area contributed by atoms with Crippen LogP contribution in [-0.2, 0) is 20.0 Å². The Morgan fingerprint density at radius 2 is 1.82 bits per heavy atom. The summed E-state index contributed by atoms with van der Waals surface area (Å²) < 4.78 is 24.1. The van der Waals surface area contributed by atoms with E-state index in [4.69, 9.17) is 0 Å². The van der Waals surface area contributed by atoms with Crippen LogP contribution < -0.4 is 5.32 Å². The Kier molecular flexibility index (Phi) is 4.34. The van der Waals surface area contributed by atoms with Crippen LogP contribution >= 0.6 is 15.9 Å². The van der Waals surface area contributed by atoms with Crippen LogP contribution in [0.5, 0.6) is 0 Å². The second-order valence-corrected chi connectivity index (χ2v) is 9.51. The molecule has 0 spiro atoms. The molecule has 1 aromatic carbocycles. The second kappa shape index (κ2) is 5.96. The molecule has 4 nitrogen and oxygen atoms in total. The van der Waals surface area contributed by atoms with E-state index < -0.39 is 15.3 Å². The molecule has 1 unspecified atom stereocenters. The number of hydrogen-bond acceptors (Lipinski definition) is 3. The molecule has 2 aliphatic rings. The Balaban J connectivity index is 1.81. The summed E-state index contributed by atoms with van der Waals surface area (Å²) in [5.74, 6) is 0.257. The van der Waals surface area contributed by atoms with Crippen LogP contribution in [0.15, 0.2) is 28.7 Å². The number of benzene rings is 1. The van der Waals surface area contributed by atoms with Crippen LogP contribution in [0.1, 0.15) is 37.7 Å². The summed E-state index contributed by atoms with van der Waals surface area (Å²) in [4.78, 5) is 12.9. The Bertz CT molecular complexity index is 663. The van der Waals surface area contributed by atoms with Crippen LogP contribution in [0.2, 0.25) is 0 Å². The van der Waals surface area contributed by atoms with Gasteiger partial charge in [0, 0.05) is 10.5 Å². The van der Waals surface area contributed by atoms with Crippen molar-refractivity contribution in [1.82, 2.24) is 5.32 Å². The molecule has 0 aromatic heterocycles. The van der Waals surface area contributed by atoms with Gasteiger partial charge in [-0.2, -0.15) is 0 Å². The van der Waals surface area contributed by atoms with Gasteiger partial charge in [0.1, 0.15) is 0 Å². The number of hydrogen-bond donors (Lipinski definition) is 1. The van der Waals surface area contributed by atoms with Crippen LogP contribution in [0.25, 0.3) is 0 Å². The molecule has 1 saturated carbocycles. The van der Waals surface area contributed by atoms with Gasteiger partial charge in [-0.05, 0) is 37.0 Å². The van der Waals surface area contributed by atoms with E-state index in [1.807, 2.05) is 24.3 Å². The first-order valence-corrected chi connectivity index (χ1v) is 10.3. The highest BCUT2D eigenvalue weighted by atomic mass is 79.9. The average Bonchev–Trinajstić information content (AvgIpc) is 3.07. The Hall–Kier alpha value is -0.880. The van der Waals surface area contributed by atoms with E-state index in [2.05, 4.69) is 21.2 Å². The van der Waals surface area contributed by atoms with Gasteiger partial charge >= 0.3 is 0 Å². The van der Waals surface area contributed by atoms with E-state index in [1.165, 1.54) is 0 Å². The van der Waals surface area contributed by atoms with Gasteiger partial charge in [0.05, 0.1) is 16.9 Å². The number of amides is 1. The minimum absolute atomic E-state index is 0.00516. The molecule has 1 amide bonds. The first-order chi connectivity index (χ1) is 10.4. The lowest BCUT2D eigenvalue weighted by molar-refractivity contribution is -0.127. The highest BCUT2D eigenvalue weighted by molar-refractivity contribution is 9.10. The summed E-state index contributed by atoms with van der Waals surface area (Å²) >= 11 is 3.42. The van der Waals surface area contributed by atoms with Crippen LogP contribution in [-0.4, -0.2) is 31.9 Å². The molecule has 120 valence electrons. The van der Waals surface area contributed by atoms with Crippen molar-refractivity contribution in [2.45, 2.75) is 43.6 Å². The lowest BCUT2D eigenvalue weighted by Crippen LogP contribution is -2.47. The summed E-state index contributed by atoms with van der Waals surface area (Å²) in [7, 11) is -2.98. The molecule has 0 radical (unpaired) electrons. The smallest absolute Gasteiger partial charge is 0.230 e. The topological polar surface area (TPSA) is 63.2 Å². The van der Waals surface area contributed by atoms with Crippen molar-refractivity contribution in [2.75, 3.05) is 11.5 Å². The van der Waals surface area contributed by atoms with Gasteiger partial charge in [0.25, 0.3) is 0 Å². The molecule has 1 aliphatic carbocycles. The first kappa shape index (κ1) is 16.0. The number of carbonyl (C=O) groups excluding carboxylic acids is 1. The van der Waals surface area contributed by atoms with Gasteiger partial charge in [-0.3, -0.25) is 4.79 Å². The Morgan fingerprint density at radius 3 is 2.36 bits per heavy atom. The molecule has 22 heavy (non-hydrogen) atoms. The number of rotatable bonds is 3. The van der Waals surface area contributed by atoms with Crippen molar-refractivity contribution in [3.63, 3.8) is 0 Å². The molecule has 1 heterocycles. The number of nitrogens with one attached hydrogen (secondary N) is 1. The molecule has 2 fully saturated rings. The van der Waals surface area contributed by atoms with Crippen LogP contribution in [0.4, 0.5) is 0 Å². The lowest BCUT2D eigenvalue weighted by Gasteiger charge is -2.30. The molecule has 6 heteroatoms. The van der Waals surface area contributed by atoms with E-state index in [1.54, 1.807) is 0 Å². The standard InChI is InChI=1S/C16H20BrNO3S/c17-13-5-3-12(4-6-13)16(8-1-2-9-16)15(19)18-14-7-10-22(20,21)11-14/h3-6,14H,1-2,7-11H2,(H,18,19). The molecule has 1 saturated heterocycles. The van der Waals surface area contributed by atoms with E-state index in [0.29, 0.717) is 6.42 Å². The predicted octanol–water partition coefficient (Wildman–Crippen LogP) is 2.56. The SMILES string of the molecule is O=C(NC1CCS(=O)(=O)C1)C1(c2ccc(Br)cc2)CCCC1. The fourth-order valence-electron chi connectivity index (χ4n) is 3.63. The minimum Gasteiger partial charge on any atom is -0.352 e. The third-order valence-electron chi connectivity index (χ3n) is 4.86. The van der Waals surface area contributed by atoms with Gasteiger partial charge in [-0.1, -0.05) is 40.9 Å². The molecular weight excluding hydrogens is 366 g/mol. The molecule has 1 N–H and O–H groups in total.